The molecule has 3 aliphatic rings. The zero-order chi connectivity index (χ0) is 27.0. The number of aromatic nitrogens is 1. The van der Waals surface area contributed by atoms with Crippen LogP contribution in [0.15, 0.2) is 67.4 Å². The normalized spacial score (nSPS) is 19.7. The standard InChI is InChI=1S/C33H36N4O2/c1-3-24-6-4-5-7-28(24)31(38)35-30-11-10-25-8-9-26(21-29(25)30)32(39)37-19-15-33(22-37)13-17-36(18-14-33)27-12-16-34-23(2)20-27/h3-9,12,16,20-21,30H,1,10-11,13-15,17-19,22H2,2H3,(H,35,38)/t30-/m1/s1. The van der Waals surface area contributed by atoms with Crippen LogP contribution in [0, 0.1) is 12.3 Å². The molecule has 2 saturated heterocycles. The SMILES string of the molecule is C=Cc1ccccc1C(=O)N[C@@H]1CCc2ccc(C(=O)N3CCC4(CCN(c5ccnc(C)c5)CC4)C3)cc21. The lowest BCUT2D eigenvalue weighted by Gasteiger charge is -2.40. The number of pyridine rings is 1. The number of rotatable bonds is 5. The molecule has 1 atom stereocenters. The molecule has 1 N–H and O–H groups in total. The Hall–Kier alpha value is -3.93. The molecule has 200 valence electrons. The highest BCUT2D eigenvalue weighted by molar-refractivity contribution is 5.98. The van der Waals surface area contributed by atoms with E-state index in [0.29, 0.717) is 5.56 Å². The molecule has 6 nitrogen and oxygen atoms in total. The van der Waals surface area contributed by atoms with Crippen molar-refractivity contribution in [1.82, 2.24) is 15.2 Å². The van der Waals surface area contributed by atoms with Crippen LogP contribution in [-0.4, -0.2) is 47.9 Å². The van der Waals surface area contributed by atoms with Crippen LogP contribution in [-0.2, 0) is 6.42 Å². The van der Waals surface area contributed by atoms with Crippen LogP contribution < -0.4 is 10.2 Å². The second-order valence-electron chi connectivity index (χ2n) is 11.4. The van der Waals surface area contributed by atoms with Gasteiger partial charge in [-0.15, -0.1) is 0 Å². The minimum atomic E-state index is -0.102. The van der Waals surface area contributed by atoms with Crippen LogP contribution in [0.1, 0.15) is 74.8 Å². The fourth-order valence-corrected chi connectivity index (χ4v) is 6.67. The summed E-state index contributed by atoms with van der Waals surface area (Å²) in [6.07, 6.45) is 8.60. The number of anilines is 1. The number of carbonyl (C=O) groups excluding carboxylic acids is 2. The summed E-state index contributed by atoms with van der Waals surface area (Å²) in [7, 11) is 0. The summed E-state index contributed by atoms with van der Waals surface area (Å²) < 4.78 is 0. The predicted molar refractivity (Wildman–Crippen MR) is 155 cm³/mol. The lowest BCUT2D eigenvalue weighted by molar-refractivity contribution is 0.0764. The first-order chi connectivity index (χ1) is 18.9. The molecule has 3 aromatic rings. The number of benzene rings is 2. The molecule has 3 heterocycles. The molecular weight excluding hydrogens is 484 g/mol. The summed E-state index contributed by atoms with van der Waals surface area (Å²) in [5.74, 6) is 0.00526. The zero-order valence-corrected chi connectivity index (χ0v) is 22.7. The molecule has 6 heteroatoms. The van der Waals surface area contributed by atoms with Crippen LogP contribution in [0.3, 0.4) is 0 Å². The van der Waals surface area contributed by atoms with Gasteiger partial charge in [0.25, 0.3) is 11.8 Å². The fraction of sp³-hybridized carbons (Fsp3) is 0.364. The average molecular weight is 521 g/mol. The molecule has 6 rings (SSSR count). The van der Waals surface area contributed by atoms with Gasteiger partial charge in [-0.1, -0.05) is 36.9 Å². The van der Waals surface area contributed by atoms with Crippen molar-refractivity contribution in [3.63, 3.8) is 0 Å². The van der Waals surface area contributed by atoms with Gasteiger partial charge >= 0.3 is 0 Å². The second kappa shape index (κ2) is 10.3. The lowest BCUT2D eigenvalue weighted by atomic mass is 9.77. The first-order valence-electron chi connectivity index (χ1n) is 14.1. The Labute approximate surface area is 230 Å². The molecule has 2 amide bonds. The number of carbonyl (C=O) groups is 2. The average Bonchev–Trinajstić information content (AvgIpc) is 3.57. The molecule has 1 aromatic heterocycles. The summed E-state index contributed by atoms with van der Waals surface area (Å²) in [6.45, 7) is 9.53. The smallest absolute Gasteiger partial charge is 0.253 e. The molecule has 39 heavy (non-hydrogen) atoms. The van der Waals surface area contributed by atoms with E-state index in [2.05, 4.69) is 44.9 Å². The number of hydrogen-bond donors (Lipinski definition) is 1. The summed E-state index contributed by atoms with van der Waals surface area (Å²) in [5.41, 5.74) is 6.95. The van der Waals surface area contributed by atoms with Gasteiger partial charge in [-0.25, -0.2) is 0 Å². The lowest BCUT2D eigenvalue weighted by Crippen LogP contribution is -2.42. The minimum absolute atomic E-state index is 0.0933. The number of nitrogens with zero attached hydrogens (tertiary/aromatic N) is 3. The van der Waals surface area contributed by atoms with Crippen molar-refractivity contribution in [3.8, 4) is 0 Å². The van der Waals surface area contributed by atoms with Gasteiger partial charge in [-0.05, 0) is 91.5 Å². The maximum Gasteiger partial charge on any atom is 0.253 e. The van der Waals surface area contributed by atoms with E-state index >= 15 is 0 Å². The van der Waals surface area contributed by atoms with E-state index in [1.54, 1.807) is 6.08 Å². The summed E-state index contributed by atoms with van der Waals surface area (Å²) >= 11 is 0. The summed E-state index contributed by atoms with van der Waals surface area (Å²) in [4.78, 5) is 35.6. The number of fused-ring (bicyclic) bond motifs is 1. The third-order valence-corrected chi connectivity index (χ3v) is 9.00. The van der Waals surface area contributed by atoms with Crippen LogP contribution >= 0.6 is 0 Å². The summed E-state index contributed by atoms with van der Waals surface area (Å²) in [5, 5.41) is 3.21. The third-order valence-electron chi connectivity index (χ3n) is 9.00. The van der Waals surface area contributed by atoms with Gasteiger partial charge in [-0.2, -0.15) is 0 Å². The summed E-state index contributed by atoms with van der Waals surface area (Å²) in [6, 6.07) is 17.7. The van der Waals surface area contributed by atoms with E-state index in [4.69, 9.17) is 0 Å². The third kappa shape index (κ3) is 4.96. The molecule has 0 radical (unpaired) electrons. The molecule has 1 spiro atoms. The van der Waals surface area contributed by atoms with Gasteiger partial charge in [0.05, 0.1) is 6.04 Å². The second-order valence-corrected chi connectivity index (χ2v) is 11.4. The molecule has 1 aliphatic carbocycles. The Morgan fingerprint density at radius 3 is 2.64 bits per heavy atom. The molecular formula is C33H36N4O2. The molecule has 2 aliphatic heterocycles. The maximum atomic E-state index is 13.6. The molecule has 0 unspecified atom stereocenters. The Balaban J connectivity index is 1.12. The number of likely N-dealkylation sites (tertiary alicyclic amines) is 1. The monoisotopic (exact) mass is 520 g/mol. The van der Waals surface area contributed by atoms with Crippen molar-refractivity contribution in [2.75, 3.05) is 31.1 Å². The van der Waals surface area contributed by atoms with Crippen LogP contribution in [0.4, 0.5) is 5.69 Å². The van der Waals surface area contributed by atoms with Crippen molar-refractivity contribution in [1.29, 1.82) is 0 Å². The van der Waals surface area contributed by atoms with Crippen molar-refractivity contribution < 1.29 is 9.59 Å². The number of nitrogens with one attached hydrogen (secondary N) is 1. The van der Waals surface area contributed by atoms with E-state index in [0.717, 1.165) is 80.7 Å². The highest BCUT2D eigenvalue weighted by Crippen LogP contribution is 2.42. The first-order valence-corrected chi connectivity index (χ1v) is 14.1. The van der Waals surface area contributed by atoms with E-state index in [1.807, 2.05) is 49.5 Å². The number of hydrogen-bond acceptors (Lipinski definition) is 4. The van der Waals surface area contributed by atoms with Crippen LogP contribution in [0.5, 0.6) is 0 Å². The molecule has 2 fully saturated rings. The number of piperidine rings is 1. The Morgan fingerprint density at radius 2 is 1.85 bits per heavy atom. The quantitative estimate of drug-likeness (QED) is 0.477. The largest absolute Gasteiger partial charge is 0.371 e. The Bertz CT molecular complexity index is 1420. The van der Waals surface area contributed by atoms with Gasteiger partial charge in [0, 0.05) is 54.9 Å². The maximum absolute atomic E-state index is 13.6. The van der Waals surface area contributed by atoms with Crippen LogP contribution in [0.2, 0.25) is 0 Å². The fourth-order valence-electron chi connectivity index (χ4n) is 6.67. The van der Waals surface area contributed by atoms with E-state index < -0.39 is 0 Å². The highest BCUT2D eigenvalue weighted by atomic mass is 16.2. The van der Waals surface area contributed by atoms with Gasteiger partial charge in [-0.3, -0.25) is 14.6 Å². The van der Waals surface area contributed by atoms with Crippen molar-refractivity contribution >= 4 is 23.6 Å². The molecule has 0 bridgehead atoms. The number of amides is 2. The molecule has 2 aromatic carbocycles. The van der Waals surface area contributed by atoms with Crippen molar-refractivity contribution in [2.24, 2.45) is 5.41 Å². The van der Waals surface area contributed by atoms with Gasteiger partial charge in [0.15, 0.2) is 0 Å². The first kappa shape index (κ1) is 25.4. The highest BCUT2D eigenvalue weighted by Gasteiger charge is 2.42. The van der Waals surface area contributed by atoms with Gasteiger partial charge in [0.1, 0.15) is 0 Å². The van der Waals surface area contributed by atoms with Crippen LogP contribution in [0.25, 0.3) is 6.08 Å². The molecule has 0 saturated carbocycles. The van der Waals surface area contributed by atoms with E-state index in [-0.39, 0.29) is 23.3 Å². The Morgan fingerprint density at radius 1 is 1.05 bits per heavy atom. The van der Waals surface area contributed by atoms with Gasteiger partial charge < -0.3 is 15.1 Å². The predicted octanol–water partition coefficient (Wildman–Crippen LogP) is 5.58. The minimum Gasteiger partial charge on any atom is -0.371 e. The zero-order valence-electron chi connectivity index (χ0n) is 22.7. The van der Waals surface area contributed by atoms with Crippen molar-refractivity contribution in [2.45, 2.75) is 45.1 Å². The number of aryl methyl sites for hydroxylation is 2. The van der Waals surface area contributed by atoms with E-state index in [9.17, 15) is 9.59 Å². The Kier molecular flexibility index (Phi) is 6.71. The van der Waals surface area contributed by atoms with Crippen molar-refractivity contribution in [3.05, 3.63) is 101 Å². The van der Waals surface area contributed by atoms with Gasteiger partial charge in [0.2, 0.25) is 0 Å². The van der Waals surface area contributed by atoms with E-state index in [1.165, 1.54) is 11.3 Å². The topological polar surface area (TPSA) is 65.5 Å².